The third kappa shape index (κ3) is 2.27. The second-order valence-electron chi connectivity index (χ2n) is 3.15. The molecule has 0 radical (unpaired) electrons. The van der Waals surface area contributed by atoms with E-state index in [1.54, 1.807) is 6.92 Å². The van der Waals surface area contributed by atoms with Crippen molar-refractivity contribution in [2.24, 2.45) is 0 Å². The Bertz CT molecular complexity index is 629. The van der Waals surface area contributed by atoms with E-state index >= 15 is 0 Å². The van der Waals surface area contributed by atoms with E-state index in [2.05, 4.69) is 31.1 Å². The van der Waals surface area contributed by atoms with Gasteiger partial charge in [-0.2, -0.15) is 0 Å². The third-order valence-corrected chi connectivity index (χ3v) is 3.28. The lowest BCUT2D eigenvalue weighted by molar-refractivity contribution is 0.703. The van der Waals surface area contributed by atoms with E-state index in [9.17, 15) is 9.59 Å². The molecule has 0 amide bonds. The van der Waals surface area contributed by atoms with Crippen LogP contribution in [0.15, 0.2) is 19.7 Å². The largest absolute Gasteiger partial charge is 0.328 e. The Morgan fingerprint density at radius 3 is 2.88 bits per heavy atom. The summed E-state index contributed by atoms with van der Waals surface area (Å²) in [4.78, 5) is 24.8. The van der Waals surface area contributed by atoms with Crippen molar-refractivity contribution in [1.82, 2.24) is 19.7 Å². The van der Waals surface area contributed by atoms with Crippen molar-refractivity contribution < 1.29 is 0 Å². The number of aromatic nitrogens is 4. The van der Waals surface area contributed by atoms with Gasteiger partial charge in [-0.05, 0) is 22.9 Å². The van der Waals surface area contributed by atoms with E-state index in [0.29, 0.717) is 21.0 Å². The molecular weight excluding hydrogens is 296 g/mol. The Balaban J connectivity index is 2.39. The van der Waals surface area contributed by atoms with Gasteiger partial charge in [0.2, 0.25) is 0 Å². The monoisotopic (exact) mass is 302 g/mol. The summed E-state index contributed by atoms with van der Waals surface area (Å²) in [7, 11) is 0. The van der Waals surface area contributed by atoms with Gasteiger partial charge in [0, 0.05) is 11.8 Å². The molecule has 0 saturated heterocycles. The molecule has 84 valence electrons. The predicted molar refractivity (Wildman–Crippen MR) is 62.8 cm³/mol. The molecule has 16 heavy (non-hydrogen) atoms. The van der Waals surface area contributed by atoms with Crippen LogP contribution in [0.2, 0.25) is 0 Å². The zero-order chi connectivity index (χ0) is 11.7. The maximum atomic E-state index is 11.5. The van der Waals surface area contributed by atoms with E-state index in [-0.39, 0.29) is 5.56 Å². The van der Waals surface area contributed by atoms with Gasteiger partial charge in [0.25, 0.3) is 5.56 Å². The Kier molecular flexibility index (Phi) is 3.01. The fourth-order valence-electron chi connectivity index (χ4n) is 1.18. The van der Waals surface area contributed by atoms with Gasteiger partial charge in [-0.25, -0.2) is 4.79 Å². The van der Waals surface area contributed by atoms with Crippen LogP contribution in [0.25, 0.3) is 0 Å². The first-order valence-corrected chi connectivity index (χ1v) is 5.95. The molecule has 2 rings (SSSR count). The summed E-state index contributed by atoms with van der Waals surface area (Å²) >= 11 is 4.53. The smallest absolute Gasteiger partial charge is 0.293 e. The highest BCUT2D eigenvalue weighted by Gasteiger charge is 2.05. The van der Waals surface area contributed by atoms with Crippen molar-refractivity contribution in [3.8, 4) is 0 Å². The van der Waals surface area contributed by atoms with Crippen LogP contribution in [-0.4, -0.2) is 19.7 Å². The normalized spacial score (nSPS) is 10.6. The van der Waals surface area contributed by atoms with Gasteiger partial charge in [-0.1, -0.05) is 11.3 Å². The zero-order valence-electron chi connectivity index (χ0n) is 8.23. The Hall–Kier alpha value is -1.28. The average Bonchev–Trinajstić information content (AvgIpc) is 2.60. The third-order valence-electron chi connectivity index (χ3n) is 1.94. The minimum Gasteiger partial charge on any atom is -0.293 e. The zero-order valence-corrected chi connectivity index (χ0v) is 10.6. The quantitative estimate of drug-likeness (QED) is 0.876. The van der Waals surface area contributed by atoms with Crippen LogP contribution < -0.4 is 11.2 Å². The number of hydrogen-bond donors (Lipinski definition) is 1. The minimum atomic E-state index is -0.443. The second-order valence-corrected chi connectivity index (χ2v) is 5.49. The molecule has 0 aliphatic rings. The first kappa shape index (κ1) is 11.2. The highest BCUT2D eigenvalue weighted by Crippen LogP contribution is 2.15. The number of hydrogen-bond acceptors (Lipinski definition) is 5. The Morgan fingerprint density at radius 1 is 1.50 bits per heavy atom. The predicted octanol–water partition coefficient (Wildman–Crippen LogP) is 0.507. The summed E-state index contributed by atoms with van der Waals surface area (Å²) < 4.78 is 2.06. The topological polar surface area (TPSA) is 80.6 Å². The number of H-pyrrole nitrogens is 1. The van der Waals surface area contributed by atoms with E-state index in [0.717, 1.165) is 0 Å². The summed E-state index contributed by atoms with van der Waals surface area (Å²) in [6.45, 7) is 1.95. The fourth-order valence-corrected chi connectivity index (χ4v) is 2.38. The van der Waals surface area contributed by atoms with Crippen LogP contribution in [0.1, 0.15) is 10.6 Å². The summed E-state index contributed by atoms with van der Waals surface area (Å²) in [5.41, 5.74) is -0.315. The summed E-state index contributed by atoms with van der Waals surface area (Å²) in [5.74, 6) is 0. The number of rotatable bonds is 2. The highest BCUT2D eigenvalue weighted by molar-refractivity contribution is 9.11. The Labute approximate surface area is 102 Å². The van der Waals surface area contributed by atoms with E-state index in [1.807, 2.05) is 0 Å². The van der Waals surface area contributed by atoms with Crippen molar-refractivity contribution >= 4 is 27.3 Å². The van der Waals surface area contributed by atoms with Gasteiger partial charge >= 0.3 is 5.69 Å². The molecule has 2 heterocycles. The van der Waals surface area contributed by atoms with Gasteiger partial charge in [0.05, 0.1) is 6.54 Å². The fraction of sp³-hybridized carbons (Fsp3) is 0.250. The first-order valence-electron chi connectivity index (χ1n) is 4.34. The summed E-state index contributed by atoms with van der Waals surface area (Å²) in [6, 6.07) is 0. The van der Waals surface area contributed by atoms with E-state index in [1.165, 1.54) is 22.1 Å². The van der Waals surface area contributed by atoms with Crippen LogP contribution >= 0.6 is 27.3 Å². The van der Waals surface area contributed by atoms with Gasteiger partial charge in [0.15, 0.2) is 3.92 Å². The SMILES string of the molecule is Cc1cn(Cc2nnc(Br)s2)c(=O)[nH]c1=O. The molecule has 2 aromatic heterocycles. The average molecular weight is 303 g/mol. The van der Waals surface area contributed by atoms with Crippen molar-refractivity contribution in [2.75, 3.05) is 0 Å². The molecule has 2 aromatic rings. The molecular formula is C8H7BrN4O2S. The van der Waals surface area contributed by atoms with E-state index < -0.39 is 5.69 Å². The van der Waals surface area contributed by atoms with Crippen LogP contribution in [0, 0.1) is 6.92 Å². The molecule has 0 bridgehead atoms. The first-order chi connectivity index (χ1) is 7.56. The number of aromatic amines is 1. The molecule has 0 aliphatic carbocycles. The standard InChI is InChI=1S/C8H7BrN4O2S/c1-4-2-13(8(15)10-6(4)14)3-5-11-12-7(9)16-5/h2H,3H2,1H3,(H,10,14,15). The molecule has 0 aliphatic heterocycles. The lowest BCUT2D eigenvalue weighted by Crippen LogP contribution is -2.31. The van der Waals surface area contributed by atoms with Crippen LogP contribution in [0.3, 0.4) is 0 Å². The van der Waals surface area contributed by atoms with Crippen LogP contribution in [0.4, 0.5) is 0 Å². The molecule has 6 nitrogen and oxygen atoms in total. The molecule has 0 saturated carbocycles. The highest BCUT2D eigenvalue weighted by atomic mass is 79.9. The maximum absolute atomic E-state index is 11.5. The van der Waals surface area contributed by atoms with Crippen LogP contribution in [0.5, 0.6) is 0 Å². The van der Waals surface area contributed by atoms with Crippen molar-refractivity contribution in [3.63, 3.8) is 0 Å². The molecule has 1 N–H and O–H groups in total. The van der Waals surface area contributed by atoms with Gasteiger partial charge in [-0.3, -0.25) is 14.3 Å². The lowest BCUT2D eigenvalue weighted by Gasteiger charge is -2.02. The van der Waals surface area contributed by atoms with Crippen molar-refractivity contribution in [1.29, 1.82) is 0 Å². The van der Waals surface area contributed by atoms with Gasteiger partial charge in [0.1, 0.15) is 5.01 Å². The molecule has 8 heteroatoms. The van der Waals surface area contributed by atoms with Crippen molar-refractivity contribution in [3.05, 3.63) is 41.5 Å². The molecule has 0 spiro atoms. The second kappa shape index (κ2) is 4.30. The van der Waals surface area contributed by atoms with E-state index in [4.69, 9.17) is 0 Å². The molecule has 0 fully saturated rings. The lowest BCUT2D eigenvalue weighted by atomic mass is 10.4. The summed E-state index contributed by atoms with van der Waals surface area (Å²) in [6.07, 6.45) is 1.51. The Morgan fingerprint density at radius 2 is 2.25 bits per heavy atom. The van der Waals surface area contributed by atoms with Gasteiger partial charge < -0.3 is 0 Å². The molecule has 0 atom stereocenters. The molecule has 0 unspecified atom stereocenters. The number of nitrogens with one attached hydrogen (secondary N) is 1. The summed E-state index contributed by atoms with van der Waals surface area (Å²) in [5, 5.41) is 8.35. The number of halogens is 1. The minimum absolute atomic E-state index is 0.305. The van der Waals surface area contributed by atoms with Crippen LogP contribution in [-0.2, 0) is 6.54 Å². The maximum Gasteiger partial charge on any atom is 0.328 e. The number of aryl methyl sites for hydroxylation is 1. The number of nitrogens with zero attached hydrogens (tertiary/aromatic N) is 3. The van der Waals surface area contributed by atoms with Gasteiger partial charge in [-0.15, -0.1) is 10.2 Å². The van der Waals surface area contributed by atoms with Crippen molar-refractivity contribution in [2.45, 2.75) is 13.5 Å². The molecule has 0 aromatic carbocycles.